The maximum atomic E-state index is 12.3. The van der Waals surface area contributed by atoms with Crippen molar-refractivity contribution < 1.29 is 8.42 Å². The first-order chi connectivity index (χ1) is 10.9. The van der Waals surface area contributed by atoms with Gasteiger partial charge in [-0.2, -0.15) is 0 Å². The lowest BCUT2D eigenvalue weighted by Crippen LogP contribution is -2.20. The van der Waals surface area contributed by atoms with Crippen LogP contribution in [0.25, 0.3) is 0 Å². The number of nitrogens with zero attached hydrogens (tertiary/aromatic N) is 3. The predicted octanol–water partition coefficient (Wildman–Crippen LogP) is 3.28. The molecule has 0 aliphatic rings. The van der Waals surface area contributed by atoms with Crippen molar-refractivity contribution in [1.29, 1.82) is 0 Å². The summed E-state index contributed by atoms with van der Waals surface area (Å²) in [5.41, 5.74) is 0. The number of halogens is 1. The summed E-state index contributed by atoms with van der Waals surface area (Å²) in [6.07, 6.45) is 2.17. The van der Waals surface area contributed by atoms with Crippen molar-refractivity contribution in [3.05, 3.63) is 40.9 Å². The minimum absolute atomic E-state index is 0.173. The second-order valence-electron chi connectivity index (χ2n) is 5.11. The van der Waals surface area contributed by atoms with E-state index in [1.165, 1.54) is 12.1 Å². The van der Waals surface area contributed by atoms with Gasteiger partial charge in [-0.3, -0.25) is 4.72 Å². The van der Waals surface area contributed by atoms with E-state index in [0.717, 1.165) is 23.9 Å². The lowest BCUT2D eigenvalue weighted by Gasteiger charge is -2.17. The van der Waals surface area contributed by atoms with Gasteiger partial charge in [-0.05, 0) is 42.8 Å². The standard InChI is InChI=1S/C15H19BrN4O2S/c1-3-4-11-20(2)15-10-9-14(17-18-15)19-23(21,22)13-7-5-12(16)6-8-13/h5-10H,3-4,11H2,1-2H3,(H,17,19). The summed E-state index contributed by atoms with van der Waals surface area (Å²) in [6, 6.07) is 9.75. The lowest BCUT2D eigenvalue weighted by molar-refractivity contribution is 0.601. The molecule has 0 saturated carbocycles. The Kier molecular flexibility index (Phi) is 5.95. The molecule has 0 atom stereocenters. The highest BCUT2D eigenvalue weighted by molar-refractivity contribution is 9.10. The summed E-state index contributed by atoms with van der Waals surface area (Å²) in [5, 5.41) is 8.01. The van der Waals surface area contributed by atoms with Crippen molar-refractivity contribution in [3.8, 4) is 0 Å². The van der Waals surface area contributed by atoms with Crippen LogP contribution in [0, 0.1) is 0 Å². The van der Waals surface area contributed by atoms with E-state index in [1.807, 2.05) is 11.9 Å². The molecule has 1 N–H and O–H groups in total. The molecule has 6 nitrogen and oxygen atoms in total. The van der Waals surface area contributed by atoms with Gasteiger partial charge in [0.1, 0.15) is 0 Å². The van der Waals surface area contributed by atoms with E-state index in [4.69, 9.17) is 0 Å². The first-order valence-corrected chi connectivity index (χ1v) is 9.53. The average molecular weight is 399 g/mol. The Labute approximate surface area is 145 Å². The van der Waals surface area contributed by atoms with E-state index in [2.05, 4.69) is 37.8 Å². The zero-order valence-electron chi connectivity index (χ0n) is 13.0. The van der Waals surface area contributed by atoms with Crippen LogP contribution in [0.5, 0.6) is 0 Å². The van der Waals surface area contributed by atoms with E-state index in [0.29, 0.717) is 5.82 Å². The Bertz CT molecular complexity index is 733. The van der Waals surface area contributed by atoms with Crippen LogP contribution in [0.2, 0.25) is 0 Å². The molecule has 2 aromatic rings. The number of aromatic nitrogens is 2. The summed E-state index contributed by atoms with van der Waals surface area (Å²) in [7, 11) is -1.73. The molecule has 1 aromatic carbocycles. The number of hydrogen-bond acceptors (Lipinski definition) is 5. The summed E-state index contributed by atoms with van der Waals surface area (Å²) in [6.45, 7) is 3.01. The van der Waals surface area contributed by atoms with Crippen LogP contribution in [0.3, 0.4) is 0 Å². The van der Waals surface area contributed by atoms with Gasteiger partial charge in [0.15, 0.2) is 11.6 Å². The second-order valence-corrected chi connectivity index (χ2v) is 7.71. The minimum Gasteiger partial charge on any atom is -0.358 e. The van der Waals surface area contributed by atoms with Gasteiger partial charge in [0.2, 0.25) is 0 Å². The molecule has 0 bridgehead atoms. The Morgan fingerprint density at radius 3 is 2.39 bits per heavy atom. The third-order valence-electron chi connectivity index (χ3n) is 3.25. The van der Waals surface area contributed by atoms with E-state index >= 15 is 0 Å². The quantitative estimate of drug-likeness (QED) is 0.774. The Hall–Kier alpha value is -1.67. The number of sulfonamides is 1. The number of rotatable bonds is 7. The molecule has 0 saturated heterocycles. The SMILES string of the molecule is CCCCN(C)c1ccc(NS(=O)(=O)c2ccc(Br)cc2)nn1. The third-order valence-corrected chi connectivity index (χ3v) is 5.15. The van der Waals surface area contributed by atoms with Crippen LogP contribution < -0.4 is 9.62 Å². The Morgan fingerprint density at radius 2 is 1.83 bits per heavy atom. The molecule has 1 heterocycles. The molecule has 23 heavy (non-hydrogen) atoms. The molecule has 124 valence electrons. The van der Waals surface area contributed by atoms with E-state index in [1.54, 1.807) is 24.3 Å². The second kappa shape index (κ2) is 7.74. The number of hydrogen-bond donors (Lipinski definition) is 1. The normalized spacial score (nSPS) is 11.3. The molecule has 0 unspecified atom stereocenters. The summed E-state index contributed by atoms with van der Waals surface area (Å²) < 4.78 is 27.8. The van der Waals surface area contributed by atoms with E-state index in [-0.39, 0.29) is 10.7 Å². The Morgan fingerprint density at radius 1 is 1.13 bits per heavy atom. The third kappa shape index (κ3) is 4.90. The predicted molar refractivity (Wildman–Crippen MR) is 95.2 cm³/mol. The van der Waals surface area contributed by atoms with Crippen molar-refractivity contribution in [1.82, 2.24) is 10.2 Å². The zero-order chi connectivity index (χ0) is 16.9. The molecular weight excluding hydrogens is 380 g/mol. The fourth-order valence-electron chi connectivity index (χ4n) is 1.90. The maximum Gasteiger partial charge on any atom is 0.263 e. The minimum atomic E-state index is -3.66. The van der Waals surface area contributed by atoms with Crippen LogP contribution in [0.15, 0.2) is 45.8 Å². The molecule has 1 aromatic heterocycles. The van der Waals surface area contributed by atoms with Crippen molar-refractivity contribution in [3.63, 3.8) is 0 Å². The summed E-state index contributed by atoms with van der Waals surface area (Å²) in [4.78, 5) is 2.16. The molecule has 0 aliphatic heterocycles. The van der Waals surface area contributed by atoms with Gasteiger partial charge in [-0.25, -0.2) is 8.42 Å². The van der Waals surface area contributed by atoms with Crippen LogP contribution in [-0.4, -0.2) is 32.2 Å². The summed E-state index contributed by atoms with van der Waals surface area (Å²) >= 11 is 3.28. The molecule has 0 aliphatic carbocycles. The van der Waals surface area contributed by atoms with Crippen molar-refractivity contribution in [2.45, 2.75) is 24.7 Å². The topological polar surface area (TPSA) is 75.2 Å². The Balaban J connectivity index is 2.09. The van der Waals surface area contributed by atoms with Crippen molar-refractivity contribution >= 4 is 37.6 Å². The van der Waals surface area contributed by atoms with Gasteiger partial charge < -0.3 is 4.90 Å². The first kappa shape index (κ1) is 17.7. The van der Waals surface area contributed by atoms with E-state index < -0.39 is 10.0 Å². The van der Waals surface area contributed by atoms with Gasteiger partial charge in [-0.15, -0.1) is 10.2 Å². The number of nitrogens with one attached hydrogen (secondary N) is 1. The monoisotopic (exact) mass is 398 g/mol. The van der Waals surface area contributed by atoms with Crippen LogP contribution >= 0.6 is 15.9 Å². The van der Waals surface area contributed by atoms with Crippen LogP contribution in [-0.2, 0) is 10.0 Å². The van der Waals surface area contributed by atoms with E-state index in [9.17, 15) is 8.42 Å². The van der Waals surface area contributed by atoms with Crippen LogP contribution in [0.4, 0.5) is 11.6 Å². The highest BCUT2D eigenvalue weighted by atomic mass is 79.9. The fraction of sp³-hybridized carbons (Fsp3) is 0.333. The molecule has 8 heteroatoms. The first-order valence-electron chi connectivity index (χ1n) is 7.25. The van der Waals surface area contributed by atoms with Crippen LogP contribution in [0.1, 0.15) is 19.8 Å². The number of anilines is 2. The number of unbranched alkanes of at least 4 members (excludes halogenated alkanes) is 1. The van der Waals surface area contributed by atoms with Gasteiger partial charge in [0, 0.05) is 18.1 Å². The van der Waals surface area contributed by atoms with Gasteiger partial charge in [0.25, 0.3) is 10.0 Å². The molecule has 0 spiro atoms. The lowest BCUT2D eigenvalue weighted by atomic mass is 10.3. The molecule has 0 fully saturated rings. The average Bonchev–Trinajstić information content (AvgIpc) is 2.53. The molecule has 2 rings (SSSR count). The van der Waals surface area contributed by atoms with Crippen molar-refractivity contribution in [2.24, 2.45) is 0 Å². The highest BCUT2D eigenvalue weighted by Crippen LogP contribution is 2.18. The van der Waals surface area contributed by atoms with Crippen molar-refractivity contribution in [2.75, 3.05) is 23.2 Å². The largest absolute Gasteiger partial charge is 0.358 e. The van der Waals surface area contributed by atoms with Gasteiger partial charge in [-0.1, -0.05) is 29.3 Å². The zero-order valence-corrected chi connectivity index (χ0v) is 15.4. The molecule has 0 amide bonds. The maximum absolute atomic E-state index is 12.3. The molecule has 0 radical (unpaired) electrons. The molecular formula is C15H19BrN4O2S. The smallest absolute Gasteiger partial charge is 0.263 e. The van der Waals surface area contributed by atoms with Gasteiger partial charge in [0.05, 0.1) is 4.90 Å². The summed E-state index contributed by atoms with van der Waals surface area (Å²) in [5.74, 6) is 0.908. The van der Waals surface area contributed by atoms with Gasteiger partial charge >= 0.3 is 0 Å². The highest BCUT2D eigenvalue weighted by Gasteiger charge is 2.15. The number of benzene rings is 1. The fourth-order valence-corrected chi connectivity index (χ4v) is 3.16.